The first-order valence-electron chi connectivity index (χ1n) is 12.0. The molecule has 0 spiro atoms. The minimum atomic E-state index is -4.11. The number of carbonyl (C=O) groups excluding carboxylic acids is 3. The number of aromatic nitrogens is 1. The normalized spacial score (nSPS) is 15.9. The van der Waals surface area contributed by atoms with Crippen LogP contribution in [0, 0.1) is 0 Å². The molecule has 38 heavy (non-hydrogen) atoms. The Kier molecular flexibility index (Phi) is 6.83. The molecule has 1 N–H and O–H groups in total. The first-order valence-corrected chi connectivity index (χ1v) is 13.5. The molecule has 2 amide bonds. The summed E-state index contributed by atoms with van der Waals surface area (Å²) in [6.45, 7) is 1.27. The molecule has 4 aromatic rings. The van der Waals surface area contributed by atoms with Gasteiger partial charge in [0.25, 0.3) is 5.91 Å². The van der Waals surface area contributed by atoms with E-state index in [0.29, 0.717) is 6.42 Å². The number of sulfonamides is 1. The van der Waals surface area contributed by atoms with Gasteiger partial charge in [-0.25, -0.2) is 13.3 Å². The highest BCUT2D eigenvalue weighted by Gasteiger charge is 2.46. The quantitative estimate of drug-likeness (QED) is 0.211. The summed E-state index contributed by atoms with van der Waals surface area (Å²) < 4.78 is 33.7. The Morgan fingerprint density at radius 1 is 1.00 bits per heavy atom. The van der Waals surface area contributed by atoms with E-state index in [0.717, 1.165) is 25.7 Å². The van der Waals surface area contributed by atoms with Crippen molar-refractivity contribution in [1.29, 1.82) is 0 Å². The van der Waals surface area contributed by atoms with E-state index in [2.05, 4.69) is 4.98 Å². The Morgan fingerprint density at radius 2 is 1.68 bits per heavy atom. The van der Waals surface area contributed by atoms with Gasteiger partial charge in [0, 0.05) is 30.6 Å². The number of carbonyl (C=O) groups is 3. The fourth-order valence-electron chi connectivity index (χ4n) is 4.68. The maximum Gasteiger partial charge on any atom is 0.308 e. The molecule has 1 saturated heterocycles. The van der Waals surface area contributed by atoms with E-state index in [-0.39, 0.29) is 29.3 Å². The van der Waals surface area contributed by atoms with Crippen LogP contribution in [0.1, 0.15) is 18.9 Å². The molecule has 3 aromatic carbocycles. The second-order valence-electron chi connectivity index (χ2n) is 8.91. The van der Waals surface area contributed by atoms with Crippen LogP contribution in [0.4, 0.5) is 5.69 Å². The predicted octanol–water partition coefficient (Wildman–Crippen LogP) is 3.66. The van der Waals surface area contributed by atoms with Crippen molar-refractivity contribution in [3.05, 3.63) is 90.6 Å². The maximum absolute atomic E-state index is 13.8. The van der Waals surface area contributed by atoms with E-state index in [9.17, 15) is 22.8 Å². The molecule has 0 saturated carbocycles. The van der Waals surface area contributed by atoms with Gasteiger partial charge in [0.2, 0.25) is 15.9 Å². The van der Waals surface area contributed by atoms with Gasteiger partial charge in [-0.05, 0) is 54.4 Å². The first-order chi connectivity index (χ1) is 18.3. The number of hydrogen-bond acceptors (Lipinski definition) is 6. The van der Waals surface area contributed by atoms with E-state index in [1.807, 2.05) is 30.5 Å². The lowest BCUT2D eigenvalue weighted by atomic mass is 10.1. The van der Waals surface area contributed by atoms with Crippen LogP contribution < -0.4 is 9.64 Å². The zero-order chi connectivity index (χ0) is 26.9. The number of benzene rings is 3. The summed E-state index contributed by atoms with van der Waals surface area (Å²) in [7, 11) is -4.11. The standard InChI is InChI=1S/C28H25N3O6S/c1-19(32)37-22-13-11-21(12-14-22)31-27(33)17-26(28(31)34)30(38(35,36)23-7-3-2-4-8-23)16-15-20-18-29-25-10-6-5-9-24(20)25/h2-14,18,26,29H,15-17H2,1H3. The molecule has 0 bridgehead atoms. The van der Waals surface area contributed by atoms with E-state index >= 15 is 0 Å². The van der Waals surface area contributed by atoms with Crippen LogP contribution in [0.15, 0.2) is 90.0 Å². The average molecular weight is 532 g/mol. The van der Waals surface area contributed by atoms with Crippen molar-refractivity contribution in [3.63, 3.8) is 0 Å². The summed E-state index contributed by atoms with van der Waals surface area (Å²) in [4.78, 5) is 42.0. The Morgan fingerprint density at radius 3 is 2.39 bits per heavy atom. The highest BCUT2D eigenvalue weighted by molar-refractivity contribution is 7.89. The lowest BCUT2D eigenvalue weighted by molar-refractivity contribution is -0.132. The van der Waals surface area contributed by atoms with Gasteiger partial charge in [0.05, 0.1) is 17.0 Å². The van der Waals surface area contributed by atoms with Crippen molar-refractivity contribution in [3.8, 4) is 5.75 Å². The van der Waals surface area contributed by atoms with Crippen molar-refractivity contribution < 1.29 is 27.5 Å². The monoisotopic (exact) mass is 531 g/mol. The molecule has 1 fully saturated rings. The van der Waals surface area contributed by atoms with Crippen molar-refractivity contribution >= 4 is 44.4 Å². The molecule has 1 aliphatic rings. The number of esters is 1. The summed E-state index contributed by atoms with van der Waals surface area (Å²) in [5, 5.41) is 0.966. The van der Waals surface area contributed by atoms with Crippen LogP contribution in [0.3, 0.4) is 0 Å². The number of nitrogens with one attached hydrogen (secondary N) is 1. The van der Waals surface area contributed by atoms with Gasteiger partial charge >= 0.3 is 5.97 Å². The number of para-hydroxylation sites is 1. The smallest absolute Gasteiger partial charge is 0.308 e. The molecule has 2 heterocycles. The number of hydrogen-bond donors (Lipinski definition) is 1. The third-order valence-corrected chi connectivity index (χ3v) is 8.38. The predicted molar refractivity (Wildman–Crippen MR) is 141 cm³/mol. The van der Waals surface area contributed by atoms with Gasteiger partial charge in [-0.3, -0.25) is 14.4 Å². The zero-order valence-electron chi connectivity index (χ0n) is 20.5. The minimum absolute atomic E-state index is 0.00198. The summed E-state index contributed by atoms with van der Waals surface area (Å²) in [6, 6.07) is 20.3. The minimum Gasteiger partial charge on any atom is -0.427 e. The van der Waals surface area contributed by atoms with Crippen LogP contribution >= 0.6 is 0 Å². The summed E-state index contributed by atoms with van der Waals surface area (Å²) in [6.07, 6.45) is 1.88. The van der Waals surface area contributed by atoms with Crippen LogP contribution in [0.5, 0.6) is 5.75 Å². The SMILES string of the molecule is CC(=O)Oc1ccc(N2C(=O)CC(N(CCc3c[nH]c4ccccc34)S(=O)(=O)c3ccccc3)C2=O)cc1. The third kappa shape index (κ3) is 4.83. The third-order valence-electron chi connectivity index (χ3n) is 6.45. The largest absolute Gasteiger partial charge is 0.427 e. The van der Waals surface area contributed by atoms with Crippen molar-refractivity contribution in [2.45, 2.75) is 30.7 Å². The first kappa shape index (κ1) is 25.4. The number of H-pyrrole nitrogens is 1. The lowest BCUT2D eigenvalue weighted by Crippen LogP contribution is -2.46. The van der Waals surface area contributed by atoms with Gasteiger partial charge in [0.1, 0.15) is 11.8 Å². The van der Waals surface area contributed by atoms with E-state index in [1.165, 1.54) is 43.3 Å². The van der Waals surface area contributed by atoms with E-state index in [1.54, 1.807) is 18.2 Å². The number of anilines is 1. The van der Waals surface area contributed by atoms with Crippen molar-refractivity contribution in [2.75, 3.05) is 11.4 Å². The molecule has 1 aromatic heterocycles. The van der Waals surface area contributed by atoms with E-state index < -0.39 is 33.8 Å². The van der Waals surface area contributed by atoms with Gasteiger partial charge in [-0.2, -0.15) is 4.31 Å². The fourth-order valence-corrected chi connectivity index (χ4v) is 6.29. The zero-order valence-corrected chi connectivity index (χ0v) is 21.4. The Balaban J connectivity index is 1.46. The molecule has 10 heteroatoms. The molecule has 1 unspecified atom stereocenters. The topological polar surface area (TPSA) is 117 Å². The van der Waals surface area contributed by atoms with Crippen molar-refractivity contribution in [2.24, 2.45) is 0 Å². The Bertz CT molecular complexity index is 1610. The summed E-state index contributed by atoms with van der Waals surface area (Å²) in [5.41, 5.74) is 2.10. The van der Waals surface area contributed by atoms with E-state index in [4.69, 9.17) is 4.74 Å². The number of ether oxygens (including phenoxy) is 1. The van der Waals surface area contributed by atoms with Crippen LogP contribution in [0.25, 0.3) is 10.9 Å². The maximum atomic E-state index is 13.8. The Hall–Kier alpha value is -4.28. The van der Waals surface area contributed by atoms with Gasteiger partial charge in [-0.15, -0.1) is 0 Å². The highest BCUT2D eigenvalue weighted by atomic mass is 32.2. The van der Waals surface area contributed by atoms with Gasteiger partial charge in [0.15, 0.2) is 0 Å². The highest BCUT2D eigenvalue weighted by Crippen LogP contribution is 2.31. The molecule has 9 nitrogen and oxygen atoms in total. The Labute approximate surface area is 219 Å². The number of aromatic amines is 1. The number of amides is 2. The number of imide groups is 1. The molecule has 1 atom stereocenters. The molecule has 1 aliphatic heterocycles. The molecular weight excluding hydrogens is 506 g/mol. The van der Waals surface area contributed by atoms with Crippen LogP contribution in [0.2, 0.25) is 0 Å². The molecule has 194 valence electrons. The lowest BCUT2D eigenvalue weighted by Gasteiger charge is -2.27. The summed E-state index contributed by atoms with van der Waals surface area (Å²) >= 11 is 0. The number of fused-ring (bicyclic) bond motifs is 1. The molecule has 0 aliphatic carbocycles. The number of rotatable bonds is 8. The van der Waals surface area contributed by atoms with Crippen LogP contribution in [-0.2, 0) is 30.8 Å². The summed E-state index contributed by atoms with van der Waals surface area (Å²) in [5.74, 6) is -1.37. The average Bonchev–Trinajstić information content (AvgIpc) is 3.45. The molecular formula is C28H25N3O6S. The van der Waals surface area contributed by atoms with Gasteiger partial charge in [-0.1, -0.05) is 36.4 Å². The molecule has 0 radical (unpaired) electrons. The second kappa shape index (κ2) is 10.2. The van der Waals surface area contributed by atoms with Crippen LogP contribution in [-0.4, -0.2) is 48.1 Å². The number of nitrogens with zero attached hydrogens (tertiary/aromatic N) is 2. The fraction of sp³-hybridized carbons (Fsp3) is 0.179. The van der Waals surface area contributed by atoms with Crippen molar-refractivity contribution in [1.82, 2.24) is 9.29 Å². The van der Waals surface area contributed by atoms with Gasteiger partial charge < -0.3 is 9.72 Å². The second-order valence-corrected chi connectivity index (χ2v) is 10.8. The molecule has 5 rings (SSSR count).